The van der Waals surface area contributed by atoms with E-state index in [1.807, 2.05) is 0 Å². The number of hydrogen-bond donors (Lipinski definition) is 1. The van der Waals surface area contributed by atoms with Gasteiger partial charge in [-0.05, 0) is 36.0 Å². The van der Waals surface area contributed by atoms with Crippen molar-refractivity contribution in [1.82, 2.24) is 5.32 Å². The number of benzene rings is 1. The van der Waals surface area contributed by atoms with Crippen LogP contribution in [-0.4, -0.2) is 12.5 Å². The highest BCUT2D eigenvalue weighted by Gasteiger charge is 2.11. The van der Waals surface area contributed by atoms with E-state index in [0.29, 0.717) is 0 Å². The molecule has 0 saturated heterocycles. The lowest BCUT2D eigenvalue weighted by Gasteiger charge is -2.18. The molecule has 0 aromatic heterocycles. The maximum Gasteiger partial charge on any atom is 0.216 e. The number of carbonyl (C=O) groups excluding carboxylic acids is 1. The molecular formula is C14H17NO. The van der Waals surface area contributed by atoms with Gasteiger partial charge in [0.2, 0.25) is 5.91 Å². The third-order valence-corrected chi connectivity index (χ3v) is 2.89. The van der Waals surface area contributed by atoms with Crippen molar-refractivity contribution in [3.63, 3.8) is 0 Å². The summed E-state index contributed by atoms with van der Waals surface area (Å²) in [7, 11) is 0. The predicted octanol–water partition coefficient (Wildman–Crippen LogP) is 2.32. The van der Waals surface area contributed by atoms with Crippen LogP contribution in [0.4, 0.5) is 0 Å². The van der Waals surface area contributed by atoms with Gasteiger partial charge in [0.1, 0.15) is 0 Å². The van der Waals surface area contributed by atoms with Crippen LogP contribution in [-0.2, 0) is 17.6 Å². The Labute approximate surface area is 96.4 Å². The molecule has 0 spiro atoms. The van der Waals surface area contributed by atoms with E-state index in [1.54, 1.807) is 6.92 Å². The van der Waals surface area contributed by atoms with E-state index in [-0.39, 0.29) is 5.91 Å². The summed E-state index contributed by atoms with van der Waals surface area (Å²) in [5.74, 6) is 0.0365. The molecular weight excluding hydrogens is 198 g/mol. The Bertz CT molecular complexity index is 421. The molecule has 2 rings (SSSR count). The van der Waals surface area contributed by atoms with Crippen molar-refractivity contribution in [3.8, 4) is 0 Å². The smallest absolute Gasteiger partial charge is 0.216 e. The van der Waals surface area contributed by atoms with Gasteiger partial charge in [-0.1, -0.05) is 30.4 Å². The molecule has 1 amide bonds. The first kappa shape index (κ1) is 10.9. The zero-order valence-electron chi connectivity index (χ0n) is 9.62. The minimum atomic E-state index is 0.0365. The van der Waals surface area contributed by atoms with Gasteiger partial charge in [0.25, 0.3) is 0 Å². The second kappa shape index (κ2) is 4.97. The first-order valence-electron chi connectivity index (χ1n) is 5.78. The highest BCUT2D eigenvalue weighted by atomic mass is 16.1. The second-order valence-corrected chi connectivity index (χ2v) is 4.20. The molecule has 0 atom stereocenters. The van der Waals surface area contributed by atoms with E-state index in [4.69, 9.17) is 0 Å². The fourth-order valence-electron chi connectivity index (χ4n) is 1.87. The van der Waals surface area contributed by atoms with Crippen molar-refractivity contribution >= 4 is 12.0 Å². The first-order valence-corrected chi connectivity index (χ1v) is 5.78. The number of aryl methyl sites for hydroxylation is 2. The molecule has 1 aliphatic carbocycles. The zero-order valence-corrected chi connectivity index (χ0v) is 9.62. The summed E-state index contributed by atoms with van der Waals surface area (Å²) in [5, 5.41) is 2.77. The fourth-order valence-corrected chi connectivity index (χ4v) is 1.87. The SMILES string of the molecule is CC(=O)NCCC=Cc1ccc2c(c1)CC2. The Morgan fingerprint density at radius 1 is 1.38 bits per heavy atom. The van der Waals surface area contributed by atoms with E-state index >= 15 is 0 Å². The topological polar surface area (TPSA) is 29.1 Å². The van der Waals surface area contributed by atoms with Crippen LogP contribution >= 0.6 is 0 Å². The average Bonchev–Trinajstić information content (AvgIpc) is 2.21. The van der Waals surface area contributed by atoms with Gasteiger partial charge in [0.15, 0.2) is 0 Å². The number of amides is 1. The molecule has 0 radical (unpaired) electrons. The lowest BCUT2D eigenvalue weighted by molar-refractivity contribution is -0.118. The number of carbonyl (C=O) groups is 1. The fraction of sp³-hybridized carbons (Fsp3) is 0.357. The summed E-state index contributed by atoms with van der Waals surface area (Å²) in [4.78, 5) is 10.6. The maximum absolute atomic E-state index is 10.6. The molecule has 0 unspecified atom stereocenters. The Kier molecular flexibility index (Phi) is 3.40. The van der Waals surface area contributed by atoms with Gasteiger partial charge in [0, 0.05) is 13.5 Å². The quantitative estimate of drug-likeness (QED) is 0.767. The Morgan fingerprint density at radius 3 is 2.81 bits per heavy atom. The normalized spacial score (nSPS) is 13.3. The molecule has 0 bridgehead atoms. The molecule has 1 aliphatic rings. The largest absolute Gasteiger partial charge is 0.356 e. The molecule has 1 aromatic rings. The van der Waals surface area contributed by atoms with Gasteiger partial charge < -0.3 is 5.32 Å². The van der Waals surface area contributed by atoms with Gasteiger partial charge in [-0.3, -0.25) is 4.79 Å². The average molecular weight is 215 g/mol. The van der Waals surface area contributed by atoms with Gasteiger partial charge in [-0.25, -0.2) is 0 Å². The van der Waals surface area contributed by atoms with Crippen LogP contribution in [0.15, 0.2) is 24.3 Å². The summed E-state index contributed by atoms with van der Waals surface area (Å²) in [6, 6.07) is 6.63. The molecule has 84 valence electrons. The molecule has 0 saturated carbocycles. The second-order valence-electron chi connectivity index (χ2n) is 4.20. The zero-order chi connectivity index (χ0) is 11.4. The Morgan fingerprint density at radius 2 is 2.19 bits per heavy atom. The summed E-state index contributed by atoms with van der Waals surface area (Å²) in [6.07, 6.45) is 7.58. The first-order chi connectivity index (χ1) is 7.75. The third kappa shape index (κ3) is 2.72. The van der Waals surface area contributed by atoms with E-state index in [1.165, 1.54) is 29.5 Å². The monoisotopic (exact) mass is 215 g/mol. The van der Waals surface area contributed by atoms with Crippen molar-refractivity contribution < 1.29 is 4.79 Å². The predicted molar refractivity (Wildman–Crippen MR) is 66.2 cm³/mol. The van der Waals surface area contributed by atoms with Gasteiger partial charge in [-0.15, -0.1) is 0 Å². The van der Waals surface area contributed by atoms with E-state index in [2.05, 4.69) is 35.7 Å². The van der Waals surface area contributed by atoms with Crippen LogP contribution in [0.25, 0.3) is 6.08 Å². The standard InChI is InChI=1S/C14H17NO/c1-11(16)15-9-3-2-4-12-5-6-13-7-8-14(13)10-12/h2,4-6,10H,3,7-9H2,1H3,(H,15,16). The summed E-state index contributed by atoms with van der Waals surface area (Å²) < 4.78 is 0. The van der Waals surface area contributed by atoms with Crippen LogP contribution in [0.5, 0.6) is 0 Å². The maximum atomic E-state index is 10.6. The van der Waals surface area contributed by atoms with Crippen molar-refractivity contribution in [2.75, 3.05) is 6.54 Å². The molecule has 2 nitrogen and oxygen atoms in total. The van der Waals surface area contributed by atoms with Crippen molar-refractivity contribution in [3.05, 3.63) is 41.0 Å². The van der Waals surface area contributed by atoms with E-state index in [0.717, 1.165) is 13.0 Å². The molecule has 1 N–H and O–H groups in total. The number of rotatable bonds is 4. The molecule has 0 aliphatic heterocycles. The third-order valence-electron chi connectivity index (χ3n) is 2.89. The minimum Gasteiger partial charge on any atom is -0.356 e. The van der Waals surface area contributed by atoms with E-state index < -0.39 is 0 Å². The summed E-state index contributed by atoms with van der Waals surface area (Å²) in [5.41, 5.74) is 4.25. The molecule has 0 heterocycles. The minimum absolute atomic E-state index is 0.0365. The highest BCUT2D eigenvalue weighted by molar-refractivity contribution is 5.72. The van der Waals surface area contributed by atoms with Crippen LogP contribution < -0.4 is 5.32 Å². The number of fused-ring (bicyclic) bond motifs is 1. The summed E-state index contributed by atoms with van der Waals surface area (Å²) in [6.45, 7) is 2.26. The van der Waals surface area contributed by atoms with Crippen molar-refractivity contribution in [2.24, 2.45) is 0 Å². The Balaban J connectivity index is 1.82. The van der Waals surface area contributed by atoms with Crippen LogP contribution in [0, 0.1) is 0 Å². The van der Waals surface area contributed by atoms with Gasteiger partial charge in [-0.2, -0.15) is 0 Å². The Hall–Kier alpha value is -1.57. The van der Waals surface area contributed by atoms with Crippen LogP contribution in [0.3, 0.4) is 0 Å². The summed E-state index contributed by atoms with van der Waals surface area (Å²) >= 11 is 0. The van der Waals surface area contributed by atoms with Crippen LogP contribution in [0.1, 0.15) is 30.0 Å². The molecule has 16 heavy (non-hydrogen) atoms. The number of hydrogen-bond acceptors (Lipinski definition) is 1. The molecule has 1 aromatic carbocycles. The molecule has 0 fully saturated rings. The van der Waals surface area contributed by atoms with Gasteiger partial charge in [0.05, 0.1) is 0 Å². The van der Waals surface area contributed by atoms with Gasteiger partial charge >= 0.3 is 0 Å². The van der Waals surface area contributed by atoms with Crippen LogP contribution in [0.2, 0.25) is 0 Å². The molecule has 2 heteroatoms. The lowest BCUT2D eigenvalue weighted by Crippen LogP contribution is -2.20. The number of nitrogens with one attached hydrogen (secondary N) is 1. The highest BCUT2D eigenvalue weighted by Crippen LogP contribution is 2.24. The lowest BCUT2D eigenvalue weighted by atomic mass is 9.87. The van der Waals surface area contributed by atoms with E-state index in [9.17, 15) is 4.79 Å². The van der Waals surface area contributed by atoms with Crippen molar-refractivity contribution in [1.29, 1.82) is 0 Å². The van der Waals surface area contributed by atoms with Crippen molar-refractivity contribution in [2.45, 2.75) is 26.2 Å².